The lowest BCUT2D eigenvalue weighted by molar-refractivity contribution is 0.107. The molecule has 1 aromatic rings. The van der Waals surface area contributed by atoms with E-state index in [2.05, 4.69) is 4.98 Å². The molecule has 0 unspecified atom stereocenters. The van der Waals surface area contributed by atoms with Gasteiger partial charge in [0.15, 0.2) is 0 Å². The van der Waals surface area contributed by atoms with Crippen molar-refractivity contribution in [2.75, 3.05) is 0 Å². The number of carbonyl (C=O) groups excluding carboxylic acids is 1. The van der Waals surface area contributed by atoms with Gasteiger partial charge < -0.3 is 0 Å². The molecule has 0 aliphatic heterocycles. The van der Waals surface area contributed by atoms with Crippen LogP contribution < -0.4 is 0 Å². The van der Waals surface area contributed by atoms with Crippen LogP contribution in [0, 0.1) is 13.8 Å². The average molecular weight is 220 g/mol. The van der Waals surface area contributed by atoms with Crippen LogP contribution in [0.4, 0.5) is 8.78 Å². The highest BCUT2D eigenvalue weighted by molar-refractivity contribution is 6.67. The fourth-order valence-electron chi connectivity index (χ4n) is 1.09. The minimum Gasteiger partial charge on any atom is -0.274 e. The summed E-state index contributed by atoms with van der Waals surface area (Å²) in [6, 6.07) is 1.03. The standard InChI is InChI=1S/C9H8ClF2NO/c1-4-5(2)13-7(8(10)14)3-6(4)9(11)12/h3,9H,1-2H3. The molecule has 0 amide bonds. The summed E-state index contributed by atoms with van der Waals surface area (Å²) in [5.74, 6) is 0. The van der Waals surface area contributed by atoms with Gasteiger partial charge in [0.1, 0.15) is 5.69 Å². The SMILES string of the molecule is Cc1nc(C(=O)Cl)cc(C(F)F)c1C. The van der Waals surface area contributed by atoms with Gasteiger partial charge in [-0.25, -0.2) is 13.8 Å². The third-order valence-electron chi connectivity index (χ3n) is 1.99. The molecule has 5 heteroatoms. The first-order valence-corrected chi connectivity index (χ1v) is 4.27. The van der Waals surface area contributed by atoms with Gasteiger partial charge in [0, 0.05) is 11.3 Å². The number of rotatable bonds is 2. The van der Waals surface area contributed by atoms with E-state index in [-0.39, 0.29) is 11.3 Å². The molecule has 76 valence electrons. The second-order valence-electron chi connectivity index (χ2n) is 2.88. The Morgan fingerprint density at radius 2 is 2.07 bits per heavy atom. The topological polar surface area (TPSA) is 30.0 Å². The lowest BCUT2D eigenvalue weighted by atomic mass is 10.1. The van der Waals surface area contributed by atoms with Crippen molar-refractivity contribution < 1.29 is 13.6 Å². The van der Waals surface area contributed by atoms with Crippen molar-refractivity contribution in [1.82, 2.24) is 4.98 Å². The molecular weight excluding hydrogens is 212 g/mol. The van der Waals surface area contributed by atoms with E-state index >= 15 is 0 Å². The second-order valence-corrected chi connectivity index (χ2v) is 3.22. The summed E-state index contributed by atoms with van der Waals surface area (Å²) in [4.78, 5) is 14.5. The molecule has 0 bridgehead atoms. The lowest BCUT2D eigenvalue weighted by Gasteiger charge is -2.08. The van der Waals surface area contributed by atoms with E-state index in [1.807, 2.05) is 0 Å². The highest BCUT2D eigenvalue weighted by Gasteiger charge is 2.16. The molecule has 1 rings (SSSR count). The van der Waals surface area contributed by atoms with Gasteiger partial charge in [-0.2, -0.15) is 0 Å². The first kappa shape index (κ1) is 11.0. The zero-order chi connectivity index (χ0) is 10.9. The summed E-state index contributed by atoms with van der Waals surface area (Å²) in [5.41, 5.74) is 0.458. The van der Waals surface area contributed by atoms with Crippen LogP contribution in [0.2, 0.25) is 0 Å². The predicted octanol–water partition coefficient (Wildman–Crippen LogP) is 3.02. The van der Waals surface area contributed by atoms with Gasteiger partial charge >= 0.3 is 0 Å². The molecule has 14 heavy (non-hydrogen) atoms. The summed E-state index contributed by atoms with van der Waals surface area (Å²) < 4.78 is 24.9. The second kappa shape index (κ2) is 4.00. The largest absolute Gasteiger partial charge is 0.274 e. The Morgan fingerprint density at radius 1 is 1.50 bits per heavy atom. The molecule has 1 aromatic heterocycles. The minimum atomic E-state index is -2.62. The van der Waals surface area contributed by atoms with Crippen LogP contribution >= 0.6 is 11.6 Å². The van der Waals surface area contributed by atoms with Gasteiger partial charge in [-0.15, -0.1) is 0 Å². The first-order valence-electron chi connectivity index (χ1n) is 3.89. The molecule has 0 saturated carbocycles. The molecule has 1 heterocycles. The third-order valence-corrected chi connectivity index (χ3v) is 2.19. The summed E-state index contributed by atoms with van der Waals surface area (Å²) in [5, 5.41) is -0.824. The molecule has 0 spiro atoms. The monoisotopic (exact) mass is 219 g/mol. The van der Waals surface area contributed by atoms with E-state index in [4.69, 9.17) is 11.6 Å². The molecule has 0 fully saturated rings. The molecule has 0 N–H and O–H groups in total. The highest BCUT2D eigenvalue weighted by atomic mass is 35.5. The summed E-state index contributed by atoms with van der Waals surface area (Å²) >= 11 is 5.16. The van der Waals surface area contributed by atoms with E-state index in [1.54, 1.807) is 6.92 Å². The maximum Gasteiger partial charge on any atom is 0.270 e. The number of aryl methyl sites for hydroxylation is 1. The maximum absolute atomic E-state index is 12.5. The average Bonchev–Trinajstić information content (AvgIpc) is 2.08. The zero-order valence-electron chi connectivity index (χ0n) is 7.64. The van der Waals surface area contributed by atoms with Gasteiger partial charge in [0.25, 0.3) is 11.7 Å². The summed E-state index contributed by atoms with van der Waals surface area (Å²) in [6.45, 7) is 3.09. The van der Waals surface area contributed by atoms with Crippen LogP contribution in [0.15, 0.2) is 6.07 Å². The normalized spacial score (nSPS) is 10.7. The number of aromatic nitrogens is 1. The molecule has 0 atom stereocenters. The molecule has 0 radical (unpaired) electrons. The Kier molecular flexibility index (Phi) is 3.16. The van der Waals surface area contributed by atoms with Gasteiger partial charge in [-0.05, 0) is 37.1 Å². The number of halogens is 3. The van der Waals surface area contributed by atoms with E-state index in [0.717, 1.165) is 6.07 Å². The fraction of sp³-hybridized carbons (Fsp3) is 0.333. The Bertz CT molecular complexity index is 379. The molecular formula is C9H8ClF2NO. The van der Waals surface area contributed by atoms with Gasteiger partial charge in [0.05, 0.1) is 0 Å². The van der Waals surface area contributed by atoms with Crippen LogP contribution in [0.3, 0.4) is 0 Å². The Morgan fingerprint density at radius 3 is 2.50 bits per heavy atom. The molecule has 0 aliphatic rings. The number of nitrogens with zero attached hydrogens (tertiary/aromatic N) is 1. The predicted molar refractivity (Wildman–Crippen MR) is 48.9 cm³/mol. The van der Waals surface area contributed by atoms with Crippen LogP contribution in [0.5, 0.6) is 0 Å². The Balaban J connectivity index is 3.35. The Labute approximate surface area is 84.9 Å². The number of pyridine rings is 1. The maximum atomic E-state index is 12.5. The minimum absolute atomic E-state index is 0.134. The smallest absolute Gasteiger partial charge is 0.270 e. The van der Waals surface area contributed by atoms with E-state index in [0.29, 0.717) is 11.3 Å². The number of hydrogen-bond acceptors (Lipinski definition) is 2. The number of hydrogen-bond donors (Lipinski definition) is 0. The van der Waals surface area contributed by atoms with Crippen molar-refractivity contribution in [2.45, 2.75) is 20.3 Å². The van der Waals surface area contributed by atoms with Gasteiger partial charge in [-0.3, -0.25) is 4.79 Å². The Hall–Kier alpha value is -1.03. The highest BCUT2D eigenvalue weighted by Crippen LogP contribution is 2.25. The molecule has 2 nitrogen and oxygen atoms in total. The fourth-order valence-corrected chi connectivity index (χ4v) is 1.19. The van der Waals surface area contributed by atoms with Crippen molar-refractivity contribution in [1.29, 1.82) is 0 Å². The summed E-state index contributed by atoms with van der Waals surface area (Å²) in [6.07, 6.45) is -2.62. The van der Waals surface area contributed by atoms with Crippen LogP contribution in [0.1, 0.15) is 33.7 Å². The van der Waals surface area contributed by atoms with E-state index < -0.39 is 11.7 Å². The number of alkyl halides is 2. The van der Waals surface area contributed by atoms with Crippen molar-refractivity contribution >= 4 is 16.8 Å². The summed E-state index contributed by atoms with van der Waals surface area (Å²) in [7, 11) is 0. The third kappa shape index (κ3) is 2.07. The molecule has 0 saturated heterocycles. The van der Waals surface area contributed by atoms with Crippen molar-refractivity contribution in [3.63, 3.8) is 0 Å². The quantitative estimate of drug-likeness (QED) is 0.716. The molecule has 0 aliphatic carbocycles. The van der Waals surface area contributed by atoms with Gasteiger partial charge in [0.2, 0.25) is 0 Å². The van der Waals surface area contributed by atoms with Crippen LogP contribution in [0.25, 0.3) is 0 Å². The van der Waals surface area contributed by atoms with Crippen LogP contribution in [-0.4, -0.2) is 10.2 Å². The number of carbonyl (C=O) groups is 1. The van der Waals surface area contributed by atoms with Crippen LogP contribution in [-0.2, 0) is 0 Å². The lowest BCUT2D eigenvalue weighted by Crippen LogP contribution is -2.03. The molecule has 0 aromatic carbocycles. The van der Waals surface area contributed by atoms with Crippen molar-refractivity contribution in [3.05, 3.63) is 28.6 Å². The van der Waals surface area contributed by atoms with Crippen molar-refractivity contribution in [3.8, 4) is 0 Å². The van der Waals surface area contributed by atoms with E-state index in [9.17, 15) is 13.6 Å². The zero-order valence-corrected chi connectivity index (χ0v) is 8.40. The van der Waals surface area contributed by atoms with Crippen molar-refractivity contribution in [2.24, 2.45) is 0 Å². The van der Waals surface area contributed by atoms with Gasteiger partial charge in [-0.1, -0.05) is 0 Å². The van der Waals surface area contributed by atoms with E-state index in [1.165, 1.54) is 6.92 Å². The first-order chi connectivity index (χ1) is 6.43.